The van der Waals surface area contributed by atoms with Crippen molar-refractivity contribution in [1.29, 1.82) is 0 Å². The van der Waals surface area contributed by atoms with E-state index in [0.717, 1.165) is 5.52 Å². The lowest BCUT2D eigenvalue weighted by Crippen LogP contribution is -2.60. The lowest BCUT2D eigenvalue weighted by molar-refractivity contribution is 0.380. The first-order valence-electron chi connectivity index (χ1n) is 30.2. The van der Waals surface area contributed by atoms with E-state index >= 15 is 0 Å². The summed E-state index contributed by atoms with van der Waals surface area (Å²) in [4.78, 5) is 7.83. The molecule has 0 aliphatic rings. The number of hydrogen-bond donors (Lipinski definition) is 1. The molecule has 0 spiro atoms. The van der Waals surface area contributed by atoms with E-state index < -0.39 is 229 Å². The van der Waals surface area contributed by atoms with Gasteiger partial charge in [0.05, 0.1) is 17.4 Å². The summed E-state index contributed by atoms with van der Waals surface area (Å²) in [5.74, 6) is -89.2. The predicted molar refractivity (Wildman–Crippen MR) is 305 cm³/mol. The van der Waals surface area contributed by atoms with Gasteiger partial charge in [-0.3, -0.25) is 0 Å². The maximum absolute atomic E-state index is 14.4. The van der Waals surface area contributed by atoms with Gasteiger partial charge in [-0.05, 0) is 75.5 Å². The van der Waals surface area contributed by atoms with Gasteiger partial charge in [-0.2, -0.15) is 0 Å². The first-order chi connectivity index (χ1) is 46.7. The second-order valence-corrected chi connectivity index (χ2v) is 27.7. The van der Waals surface area contributed by atoms with Crippen LogP contribution in [0.25, 0.3) is 11.0 Å². The molecule has 0 radical (unpaired) electrons. The van der Waals surface area contributed by atoms with Crippen molar-refractivity contribution in [2.24, 2.45) is 0 Å². The van der Waals surface area contributed by atoms with Crippen LogP contribution in [0.1, 0.15) is 141 Å². The molecule has 7 aromatic carbocycles. The number of benzene rings is 7. The van der Waals surface area contributed by atoms with Crippen LogP contribution >= 0.6 is 0 Å². The number of aryl methyl sites for hydroxylation is 2. The Bertz CT molecular complexity index is 3490. The number of nitrogens with one attached hydrogen (secondary N) is 1. The molecular weight excluding hydrogens is 1430 g/mol. The Kier molecular flexibility index (Phi) is 29.1. The lowest BCUT2D eigenvalue weighted by Gasteiger charge is -2.20. The van der Waals surface area contributed by atoms with Crippen LogP contribution in [0.3, 0.4) is 0 Å². The largest absolute Gasteiger partial charge is 0.413 e. The zero-order chi connectivity index (χ0) is 73.9. The molecule has 0 aliphatic heterocycles. The molecule has 0 fully saturated rings. The molecule has 2 nitrogen and oxygen atoms in total. The highest BCUT2D eigenvalue weighted by molar-refractivity contribution is 6.96. The van der Waals surface area contributed by atoms with Crippen molar-refractivity contribution in [3.63, 3.8) is 0 Å². The number of imidazole rings is 1. The monoisotopic (exact) mass is 1480 g/mol. The molecule has 1 heterocycles. The maximum Gasteiger partial charge on any atom is 0.413 e. The van der Waals surface area contributed by atoms with Crippen LogP contribution in [-0.2, 0) is 12.8 Å². The van der Waals surface area contributed by atoms with Gasteiger partial charge in [-0.15, -0.1) is 0 Å². The minimum absolute atomic E-state index is 1.14. The molecule has 0 atom stereocenters. The van der Waals surface area contributed by atoms with Crippen LogP contribution in [0, 0.1) is 175 Å². The van der Waals surface area contributed by atoms with Gasteiger partial charge in [0.2, 0.25) is 0 Å². The fourth-order valence-corrected chi connectivity index (χ4v) is 17.2. The Morgan fingerprint density at radius 1 is 0.232 bits per heavy atom. The molecule has 0 saturated heterocycles. The summed E-state index contributed by atoms with van der Waals surface area (Å²) < 4.78 is 403. The SMILES string of the molecule is CCCCCCCCCCCc1cc2nc[nH]c2cc1CCCCCCCCCCC.Fc1c(F)c(F)[c]([Al]([c]2c(F)c(F)c(F)c(F)c2F)[c]2c(F)c(F)c(F)c(F)c2F)c(F)c1F.Fc1c(F)c(F)[c]([Al]([c]2c(F)c(F)c(F)c(F)c2F)[c]2c(F)c(F)c(F)c(F)c2F)c(F)c1F. The number of nitrogens with zero attached hydrogens (tertiary/aromatic N) is 1. The van der Waals surface area contributed by atoms with Gasteiger partial charge < -0.3 is 4.98 Å². The molecule has 0 aliphatic carbocycles. The molecule has 0 unspecified atom stereocenters. The lowest BCUT2D eigenvalue weighted by atomic mass is 9.95. The van der Waals surface area contributed by atoms with E-state index in [1.54, 1.807) is 11.1 Å². The van der Waals surface area contributed by atoms with Gasteiger partial charge in [-0.25, -0.2) is 137 Å². The van der Waals surface area contributed by atoms with Gasteiger partial charge >= 0.3 is 28.3 Å². The number of fused-ring (bicyclic) bond motifs is 1. The molecular formula is C65H50Al2F30N2. The fraction of sp³-hybridized carbons (Fsp3) is 0.338. The number of aromatic nitrogens is 2. The molecule has 536 valence electrons. The molecule has 8 aromatic rings. The van der Waals surface area contributed by atoms with E-state index in [4.69, 9.17) is 0 Å². The van der Waals surface area contributed by atoms with Crippen LogP contribution in [-0.4, -0.2) is 38.3 Å². The van der Waals surface area contributed by atoms with Crippen molar-refractivity contribution in [2.75, 3.05) is 0 Å². The topological polar surface area (TPSA) is 28.7 Å². The van der Waals surface area contributed by atoms with E-state index in [1.165, 1.54) is 134 Å². The number of rotatable bonds is 26. The van der Waals surface area contributed by atoms with Crippen LogP contribution in [0.2, 0.25) is 0 Å². The summed E-state index contributed by atoms with van der Waals surface area (Å²) >= 11 is -11.9. The normalized spacial score (nSPS) is 11.4. The summed E-state index contributed by atoms with van der Waals surface area (Å²) in [7, 11) is 0. The third kappa shape index (κ3) is 17.1. The van der Waals surface area contributed by atoms with Gasteiger partial charge in [0.1, 0.15) is 0 Å². The summed E-state index contributed by atoms with van der Waals surface area (Å²) in [5, 5.41) is 0. The Morgan fingerprint density at radius 3 is 0.606 bits per heavy atom. The summed E-state index contributed by atoms with van der Waals surface area (Å²) in [6.45, 7) is 4.59. The molecule has 0 amide bonds. The van der Waals surface area contributed by atoms with E-state index in [-0.39, 0.29) is 0 Å². The van der Waals surface area contributed by atoms with Gasteiger partial charge in [0.15, 0.2) is 175 Å². The quantitative estimate of drug-likeness (QED) is 0.0189. The number of halogens is 30. The highest BCUT2D eigenvalue weighted by Crippen LogP contribution is 2.29. The van der Waals surface area contributed by atoms with Crippen molar-refractivity contribution < 1.29 is 132 Å². The molecule has 99 heavy (non-hydrogen) atoms. The fourth-order valence-electron chi connectivity index (χ4n) is 10.9. The Morgan fingerprint density at radius 2 is 0.404 bits per heavy atom. The number of hydrogen-bond acceptors (Lipinski definition) is 1. The second kappa shape index (κ2) is 35.5. The number of unbranched alkanes of at least 4 members (excludes halogenated alkanes) is 16. The van der Waals surface area contributed by atoms with Gasteiger partial charge in [-0.1, -0.05) is 117 Å². The van der Waals surface area contributed by atoms with Crippen LogP contribution < -0.4 is 26.6 Å². The average molecular weight is 1480 g/mol. The van der Waals surface area contributed by atoms with Crippen molar-refractivity contribution in [3.05, 3.63) is 204 Å². The number of H-pyrrole nitrogens is 1. The van der Waals surface area contributed by atoms with Crippen molar-refractivity contribution >= 4 is 65.9 Å². The first-order valence-corrected chi connectivity index (χ1v) is 33.7. The Hall–Kier alpha value is -7.03. The summed E-state index contributed by atoms with van der Waals surface area (Å²) in [6.07, 6.45) is 29.5. The van der Waals surface area contributed by atoms with E-state index in [9.17, 15) is 132 Å². The molecule has 8 rings (SSSR count). The highest BCUT2D eigenvalue weighted by Gasteiger charge is 2.49. The molecule has 0 saturated carbocycles. The van der Waals surface area contributed by atoms with Gasteiger partial charge in [0.25, 0.3) is 0 Å². The molecule has 1 aromatic heterocycles. The molecule has 34 heteroatoms. The standard InChI is InChI=1S/C29H50N2.6C6F5.2Al/c1-3-5-7-9-11-13-15-17-19-21-26-23-28-29(31-25-30-28)24-27(26)22-20-18-16-14-12-10-8-6-4-2;6*7-2-1-3(8)5(10)6(11)4(2)9;;/h23-25H,3-22H2,1-2H3,(H,30,31);;;;;;;;. The second-order valence-electron chi connectivity index (χ2n) is 22.5. The van der Waals surface area contributed by atoms with Crippen molar-refractivity contribution in [1.82, 2.24) is 9.97 Å². The zero-order valence-corrected chi connectivity index (χ0v) is 53.6. The van der Waals surface area contributed by atoms with E-state index in [2.05, 4.69) is 35.9 Å². The average Bonchev–Trinajstić information content (AvgIpc) is 1.47. The molecule has 0 bridgehead atoms. The summed E-state index contributed by atoms with van der Waals surface area (Å²) in [6, 6.07) is 4.75. The Labute approximate surface area is 551 Å². The van der Waals surface area contributed by atoms with Crippen LogP contribution in [0.15, 0.2) is 18.5 Å². The smallest absolute Gasteiger partial charge is 0.345 e. The Balaban J connectivity index is 0.000000234. The first kappa shape index (κ1) is 80.9. The van der Waals surface area contributed by atoms with Crippen LogP contribution in [0.5, 0.6) is 0 Å². The third-order valence-electron chi connectivity index (χ3n) is 16.0. The zero-order valence-electron chi connectivity index (χ0n) is 51.3. The minimum atomic E-state index is -5.96. The van der Waals surface area contributed by atoms with Crippen molar-refractivity contribution in [2.45, 2.75) is 142 Å². The van der Waals surface area contributed by atoms with E-state index in [0.29, 0.717) is 0 Å². The van der Waals surface area contributed by atoms with Crippen molar-refractivity contribution in [3.8, 4) is 0 Å². The third-order valence-corrected chi connectivity index (χ3v) is 22.5. The maximum atomic E-state index is 14.4. The predicted octanol–water partition coefficient (Wildman–Crippen LogP) is 18.3. The van der Waals surface area contributed by atoms with E-state index in [1.807, 2.05) is 6.33 Å². The summed E-state index contributed by atoms with van der Waals surface area (Å²) in [5.41, 5.74) is 5.48. The highest BCUT2D eigenvalue weighted by atomic mass is 27.2. The van der Waals surface area contributed by atoms with Crippen LogP contribution in [0.4, 0.5) is 132 Å². The molecule has 1 N–H and O–H groups in total. The van der Waals surface area contributed by atoms with Gasteiger partial charge in [0, 0.05) is 0 Å². The minimum Gasteiger partial charge on any atom is -0.345 e. The number of aromatic amines is 1.